The Balaban J connectivity index is 1.57. The molecule has 2 fully saturated rings. The van der Waals surface area contributed by atoms with Gasteiger partial charge in [0.25, 0.3) is 0 Å². The first-order valence-electron chi connectivity index (χ1n) is 7.33. The van der Waals surface area contributed by atoms with Gasteiger partial charge in [-0.15, -0.1) is 0 Å². The maximum absolute atomic E-state index is 12.1. The van der Waals surface area contributed by atoms with E-state index in [0.29, 0.717) is 12.1 Å². The van der Waals surface area contributed by atoms with Gasteiger partial charge in [0.1, 0.15) is 0 Å². The molecule has 0 radical (unpaired) electrons. The Morgan fingerprint density at radius 3 is 2.68 bits per heavy atom. The van der Waals surface area contributed by atoms with Crippen molar-refractivity contribution in [3.63, 3.8) is 0 Å². The Hall–Kier alpha value is -1.35. The normalized spacial score (nSPS) is 25.2. The molecule has 0 spiro atoms. The molecule has 0 aromatic heterocycles. The van der Waals surface area contributed by atoms with Gasteiger partial charge >= 0.3 is 0 Å². The van der Waals surface area contributed by atoms with Gasteiger partial charge in [-0.3, -0.25) is 9.69 Å². The molecule has 3 heteroatoms. The van der Waals surface area contributed by atoms with Crippen LogP contribution in [-0.4, -0.2) is 29.9 Å². The lowest BCUT2D eigenvalue weighted by molar-refractivity contribution is -0.124. The summed E-state index contributed by atoms with van der Waals surface area (Å²) in [6, 6.07) is 11.4. The molecule has 2 atom stereocenters. The summed E-state index contributed by atoms with van der Waals surface area (Å²) in [6.45, 7) is 4.16. The first kappa shape index (κ1) is 12.7. The molecule has 1 amide bonds. The molecule has 3 nitrogen and oxygen atoms in total. The van der Waals surface area contributed by atoms with E-state index in [2.05, 4.69) is 41.4 Å². The average molecular weight is 258 g/mol. The minimum atomic E-state index is 0.187. The molecule has 1 saturated carbocycles. The molecular formula is C16H22N2O. The first-order chi connectivity index (χ1) is 9.24. The third-order valence-electron chi connectivity index (χ3n) is 4.34. The fourth-order valence-corrected chi connectivity index (χ4v) is 2.84. The Morgan fingerprint density at radius 1 is 1.26 bits per heavy atom. The minimum Gasteiger partial charge on any atom is -0.353 e. The van der Waals surface area contributed by atoms with Crippen molar-refractivity contribution in [1.29, 1.82) is 0 Å². The van der Waals surface area contributed by atoms with E-state index in [1.807, 2.05) is 6.07 Å². The zero-order valence-corrected chi connectivity index (χ0v) is 11.5. The fourth-order valence-electron chi connectivity index (χ4n) is 2.84. The van der Waals surface area contributed by atoms with Crippen molar-refractivity contribution in [3.8, 4) is 0 Å². The summed E-state index contributed by atoms with van der Waals surface area (Å²) in [5.74, 6) is 0.456. The van der Waals surface area contributed by atoms with Crippen LogP contribution >= 0.6 is 0 Å². The molecule has 2 aliphatic rings. The van der Waals surface area contributed by atoms with Gasteiger partial charge in [0.05, 0.1) is 5.92 Å². The van der Waals surface area contributed by atoms with Crippen LogP contribution in [0.3, 0.4) is 0 Å². The molecule has 1 aliphatic heterocycles. The van der Waals surface area contributed by atoms with Crippen molar-refractivity contribution in [2.45, 2.75) is 38.3 Å². The Kier molecular flexibility index (Phi) is 3.56. The van der Waals surface area contributed by atoms with Crippen LogP contribution in [0.1, 0.15) is 37.8 Å². The highest BCUT2D eigenvalue weighted by Crippen LogP contribution is 2.28. The highest BCUT2D eigenvalue weighted by Gasteiger charge is 2.33. The molecule has 2 unspecified atom stereocenters. The number of rotatable bonds is 4. The summed E-state index contributed by atoms with van der Waals surface area (Å²) in [4.78, 5) is 14.5. The van der Waals surface area contributed by atoms with Crippen molar-refractivity contribution in [2.24, 2.45) is 5.92 Å². The number of likely N-dealkylation sites (tertiary alicyclic amines) is 1. The van der Waals surface area contributed by atoms with Gasteiger partial charge in [-0.25, -0.2) is 0 Å². The maximum Gasteiger partial charge on any atom is 0.224 e. The van der Waals surface area contributed by atoms with Crippen LogP contribution in [-0.2, 0) is 4.79 Å². The van der Waals surface area contributed by atoms with E-state index in [1.54, 1.807) is 0 Å². The summed E-state index contributed by atoms with van der Waals surface area (Å²) in [6.07, 6.45) is 3.33. The van der Waals surface area contributed by atoms with E-state index >= 15 is 0 Å². The van der Waals surface area contributed by atoms with E-state index < -0.39 is 0 Å². The molecule has 1 heterocycles. The molecule has 1 aromatic rings. The minimum absolute atomic E-state index is 0.187. The van der Waals surface area contributed by atoms with Crippen LogP contribution in [0.4, 0.5) is 0 Å². The lowest BCUT2D eigenvalue weighted by atomic mass is 10.1. The Bertz CT molecular complexity index is 441. The quantitative estimate of drug-likeness (QED) is 0.899. The maximum atomic E-state index is 12.1. The van der Waals surface area contributed by atoms with Gasteiger partial charge in [0.15, 0.2) is 0 Å². The second-order valence-corrected chi connectivity index (χ2v) is 5.85. The van der Waals surface area contributed by atoms with Crippen molar-refractivity contribution >= 4 is 5.91 Å². The molecule has 0 bridgehead atoms. The summed E-state index contributed by atoms with van der Waals surface area (Å²) < 4.78 is 0. The molecular weight excluding hydrogens is 236 g/mol. The van der Waals surface area contributed by atoms with Crippen molar-refractivity contribution < 1.29 is 4.79 Å². The molecule has 3 rings (SSSR count). The second-order valence-electron chi connectivity index (χ2n) is 5.85. The van der Waals surface area contributed by atoms with Crippen molar-refractivity contribution in [1.82, 2.24) is 10.2 Å². The monoisotopic (exact) mass is 258 g/mol. The average Bonchev–Trinajstić information content (AvgIpc) is 3.11. The van der Waals surface area contributed by atoms with Gasteiger partial charge in [0, 0.05) is 18.6 Å². The summed E-state index contributed by atoms with van der Waals surface area (Å²) >= 11 is 0. The summed E-state index contributed by atoms with van der Waals surface area (Å²) in [5, 5.41) is 3.13. The molecule has 1 aromatic carbocycles. The third-order valence-corrected chi connectivity index (χ3v) is 4.34. The van der Waals surface area contributed by atoms with Gasteiger partial charge in [-0.1, -0.05) is 30.3 Å². The van der Waals surface area contributed by atoms with Gasteiger partial charge in [-0.05, 0) is 38.3 Å². The molecule has 19 heavy (non-hydrogen) atoms. The van der Waals surface area contributed by atoms with E-state index in [1.165, 1.54) is 18.4 Å². The van der Waals surface area contributed by atoms with E-state index in [-0.39, 0.29) is 11.8 Å². The molecule has 1 aliphatic carbocycles. The number of hydrogen-bond donors (Lipinski definition) is 1. The molecule has 1 N–H and O–H groups in total. The van der Waals surface area contributed by atoms with Gasteiger partial charge < -0.3 is 5.32 Å². The largest absolute Gasteiger partial charge is 0.353 e. The van der Waals surface area contributed by atoms with E-state index in [9.17, 15) is 4.79 Å². The van der Waals surface area contributed by atoms with Gasteiger partial charge in [-0.2, -0.15) is 0 Å². The SMILES string of the molecule is CC(c1ccccc1)N1CCC(C(=O)NC2CC2)C1. The van der Waals surface area contributed by atoms with Crippen LogP contribution in [0.5, 0.6) is 0 Å². The second kappa shape index (κ2) is 5.33. The van der Waals surface area contributed by atoms with Crippen LogP contribution in [0, 0.1) is 5.92 Å². The topological polar surface area (TPSA) is 32.3 Å². The molecule has 102 valence electrons. The van der Waals surface area contributed by atoms with E-state index in [0.717, 1.165) is 19.5 Å². The zero-order valence-electron chi connectivity index (χ0n) is 11.5. The Morgan fingerprint density at radius 2 is 2.00 bits per heavy atom. The predicted octanol–water partition coefficient (Wildman–Crippen LogP) is 2.35. The van der Waals surface area contributed by atoms with Crippen molar-refractivity contribution in [2.75, 3.05) is 13.1 Å². The first-order valence-corrected chi connectivity index (χ1v) is 7.33. The number of benzene rings is 1. The van der Waals surface area contributed by atoms with Crippen LogP contribution in [0.25, 0.3) is 0 Å². The van der Waals surface area contributed by atoms with Crippen molar-refractivity contribution in [3.05, 3.63) is 35.9 Å². The number of nitrogens with one attached hydrogen (secondary N) is 1. The third kappa shape index (κ3) is 2.98. The molecule has 1 saturated heterocycles. The lowest BCUT2D eigenvalue weighted by Gasteiger charge is -2.24. The highest BCUT2D eigenvalue weighted by molar-refractivity contribution is 5.79. The zero-order chi connectivity index (χ0) is 13.2. The number of carbonyl (C=O) groups is 1. The smallest absolute Gasteiger partial charge is 0.224 e. The lowest BCUT2D eigenvalue weighted by Crippen LogP contribution is -2.34. The summed E-state index contributed by atoms with van der Waals surface area (Å²) in [7, 11) is 0. The van der Waals surface area contributed by atoms with E-state index in [4.69, 9.17) is 0 Å². The van der Waals surface area contributed by atoms with Crippen LogP contribution in [0.2, 0.25) is 0 Å². The number of amides is 1. The standard InChI is InChI=1S/C16H22N2O/c1-12(13-5-3-2-4-6-13)18-10-9-14(11-18)16(19)17-15-7-8-15/h2-6,12,14-15H,7-11H2,1H3,(H,17,19). The summed E-state index contributed by atoms with van der Waals surface area (Å²) in [5.41, 5.74) is 1.34. The van der Waals surface area contributed by atoms with Crippen LogP contribution < -0.4 is 5.32 Å². The highest BCUT2D eigenvalue weighted by atomic mass is 16.2. The van der Waals surface area contributed by atoms with Gasteiger partial charge in [0.2, 0.25) is 5.91 Å². The van der Waals surface area contributed by atoms with Crippen LogP contribution in [0.15, 0.2) is 30.3 Å². The number of hydrogen-bond acceptors (Lipinski definition) is 2. The number of carbonyl (C=O) groups excluding carboxylic acids is 1. The predicted molar refractivity (Wildman–Crippen MR) is 75.7 cm³/mol. The fraction of sp³-hybridized carbons (Fsp3) is 0.562. The number of nitrogens with zero attached hydrogens (tertiary/aromatic N) is 1. The Labute approximate surface area is 115 Å².